The number of carbonyl (C=O) groups is 2. The van der Waals surface area contributed by atoms with Crippen LogP contribution >= 0.6 is 0 Å². The minimum absolute atomic E-state index is 0.131. The van der Waals surface area contributed by atoms with Gasteiger partial charge in [-0.25, -0.2) is 0 Å². The lowest BCUT2D eigenvalue weighted by Crippen LogP contribution is -2.57. The summed E-state index contributed by atoms with van der Waals surface area (Å²) in [5.74, 6) is 0.993. The van der Waals surface area contributed by atoms with Gasteiger partial charge in [0.1, 0.15) is 5.78 Å². The molecule has 0 aromatic carbocycles. The first-order valence-corrected chi connectivity index (χ1v) is 7.82. The maximum atomic E-state index is 11.9. The van der Waals surface area contributed by atoms with Crippen LogP contribution in [0.3, 0.4) is 0 Å². The summed E-state index contributed by atoms with van der Waals surface area (Å²) in [6.45, 7) is 9.65. The molecule has 0 aromatic heterocycles. The summed E-state index contributed by atoms with van der Waals surface area (Å²) in [6.07, 6.45) is 7.52. The molecule has 1 fully saturated rings. The van der Waals surface area contributed by atoms with E-state index >= 15 is 0 Å². The number of carbonyl (C=O) groups excluding carboxylic acids is 2. The molecule has 1 saturated heterocycles. The van der Waals surface area contributed by atoms with Gasteiger partial charge in [0.2, 0.25) is 0 Å². The number of hydrogen-bond donors (Lipinski definition) is 2. The van der Waals surface area contributed by atoms with E-state index in [1.165, 1.54) is 0 Å². The van der Waals surface area contributed by atoms with Crippen molar-refractivity contribution < 1.29 is 9.59 Å². The first-order valence-electron chi connectivity index (χ1n) is 7.82. The predicted octanol–water partition coefficient (Wildman–Crippen LogP) is 2.56. The molecule has 118 valence electrons. The minimum Gasteiger partial charge on any atom is -0.300 e. The molecule has 4 unspecified atom stereocenters. The summed E-state index contributed by atoms with van der Waals surface area (Å²) in [5, 5.41) is 0. The number of Topliss-reactive ketones (excluding diaryl/α,β-unsaturated/α-hetero) is 1. The van der Waals surface area contributed by atoms with Crippen LogP contribution in [0.2, 0.25) is 0 Å². The Balaban J connectivity index is 2.56. The molecule has 1 rings (SSSR count). The van der Waals surface area contributed by atoms with Crippen molar-refractivity contribution in [2.45, 2.75) is 58.5 Å². The van der Waals surface area contributed by atoms with Gasteiger partial charge in [-0.05, 0) is 31.3 Å². The Morgan fingerprint density at radius 1 is 1.38 bits per heavy atom. The molecule has 0 spiro atoms. The van der Waals surface area contributed by atoms with Crippen LogP contribution in [0.4, 0.5) is 0 Å². The Labute approximate surface area is 128 Å². The van der Waals surface area contributed by atoms with Gasteiger partial charge >= 0.3 is 0 Å². The van der Waals surface area contributed by atoms with E-state index in [0.29, 0.717) is 25.0 Å². The van der Waals surface area contributed by atoms with E-state index in [4.69, 9.17) is 0 Å². The first-order chi connectivity index (χ1) is 9.97. The van der Waals surface area contributed by atoms with Gasteiger partial charge in [0, 0.05) is 31.3 Å². The first kappa shape index (κ1) is 17.8. The molecule has 21 heavy (non-hydrogen) atoms. The molecule has 1 aliphatic heterocycles. The highest BCUT2D eigenvalue weighted by atomic mass is 16.1. The topological polar surface area (TPSA) is 58.2 Å². The van der Waals surface area contributed by atoms with Crippen LogP contribution < -0.4 is 10.9 Å². The zero-order valence-electron chi connectivity index (χ0n) is 13.4. The van der Waals surface area contributed by atoms with Crippen LogP contribution in [0.1, 0.15) is 46.5 Å². The second kappa shape index (κ2) is 8.90. The molecule has 1 heterocycles. The second-order valence-corrected chi connectivity index (χ2v) is 6.02. The predicted molar refractivity (Wildman–Crippen MR) is 85.7 cm³/mol. The molecule has 0 aliphatic carbocycles. The van der Waals surface area contributed by atoms with Crippen LogP contribution in [0.25, 0.3) is 0 Å². The fourth-order valence-corrected chi connectivity index (χ4v) is 2.73. The lowest BCUT2D eigenvalue weighted by atomic mass is 9.82. The van der Waals surface area contributed by atoms with Crippen molar-refractivity contribution in [3.05, 3.63) is 24.8 Å². The molecule has 4 nitrogen and oxygen atoms in total. The number of hydrogen-bond acceptors (Lipinski definition) is 4. The van der Waals surface area contributed by atoms with Crippen molar-refractivity contribution >= 4 is 11.6 Å². The van der Waals surface area contributed by atoms with Crippen LogP contribution in [0.15, 0.2) is 24.8 Å². The van der Waals surface area contributed by atoms with Crippen molar-refractivity contribution in [3.8, 4) is 0 Å². The van der Waals surface area contributed by atoms with Gasteiger partial charge in [-0.15, -0.1) is 0 Å². The van der Waals surface area contributed by atoms with Crippen LogP contribution in [0.5, 0.6) is 0 Å². The molecule has 2 N–H and O–H groups in total. The third-order valence-corrected chi connectivity index (χ3v) is 4.27. The molecule has 4 heteroatoms. The number of rotatable bonds is 8. The van der Waals surface area contributed by atoms with Crippen LogP contribution in [-0.2, 0) is 9.59 Å². The van der Waals surface area contributed by atoms with Gasteiger partial charge in [-0.3, -0.25) is 20.4 Å². The molecule has 1 aliphatic rings. The Bertz CT molecular complexity index is 404. The lowest BCUT2D eigenvalue weighted by molar-refractivity contribution is -0.120. The molecule has 0 saturated carbocycles. The van der Waals surface area contributed by atoms with Crippen molar-refractivity contribution in [1.29, 1.82) is 0 Å². The van der Waals surface area contributed by atoms with Gasteiger partial charge in [-0.2, -0.15) is 0 Å². The zero-order chi connectivity index (χ0) is 15.8. The Morgan fingerprint density at radius 3 is 2.71 bits per heavy atom. The van der Waals surface area contributed by atoms with Crippen molar-refractivity contribution in [1.82, 2.24) is 10.9 Å². The largest absolute Gasteiger partial charge is 0.300 e. The Kier molecular flexibility index (Phi) is 7.54. The molecule has 0 radical (unpaired) electrons. The van der Waals surface area contributed by atoms with E-state index in [1.54, 1.807) is 18.2 Å². The van der Waals surface area contributed by atoms with E-state index in [1.807, 2.05) is 6.92 Å². The van der Waals surface area contributed by atoms with Gasteiger partial charge < -0.3 is 0 Å². The minimum atomic E-state index is 0.131. The highest BCUT2D eigenvalue weighted by molar-refractivity contribution is 5.90. The molecular weight excluding hydrogens is 264 g/mol. The number of allylic oxidation sites excluding steroid dienone is 3. The monoisotopic (exact) mass is 292 g/mol. The summed E-state index contributed by atoms with van der Waals surface area (Å²) >= 11 is 0. The highest BCUT2D eigenvalue weighted by Crippen LogP contribution is 2.25. The maximum absolute atomic E-state index is 11.9. The van der Waals surface area contributed by atoms with Crippen molar-refractivity contribution in [2.75, 3.05) is 0 Å². The smallest absolute Gasteiger partial charge is 0.156 e. The number of nitrogens with one attached hydrogen (secondary N) is 2. The third-order valence-electron chi connectivity index (χ3n) is 4.27. The number of hydrazine groups is 1. The quantitative estimate of drug-likeness (QED) is 0.533. The van der Waals surface area contributed by atoms with E-state index in [0.717, 1.165) is 6.42 Å². The van der Waals surface area contributed by atoms with Gasteiger partial charge in [-0.1, -0.05) is 32.6 Å². The Morgan fingerprint density at radius 2 is 2.10 bits per heavy atom. The fourth-order valence-electron chi connectivity index (χ4n) is 2.73. The van der Waals surface area contributed by atoms with E-state index in [2.05, 4.69) is 31.3 Å². The standard InChI is InChI=1S/C17H28N2O2/c1-5-7-8-16(21)10-14-11-17(19-18-13(14)4)12(3)9-15(20)6-2/h5,7-8,12-14,17-19H,1,6,9-11H2,2-4H3/b8-7+. The normalized spacial score (nSPS) is 27.5. The summed E-state index contributed by atoms with van der Waals surface area (Å²) in [7, 11) is 0. The van der Waals surface area contributed by atoms with Crippen LogP contribution in [0, 0.1) is 11.8 Å². The lowest BCUT2D eigenvalue weighted by Gasteiger charge is -2.38. The van der Waals surface area contributed by atoms with Crippen molar-refractivity contribution in [3.63, 3.8) is 0 Å². The average Bonchev–Trinajstić information content (AvgIpc) is 2.47. The Hall–Kier alpha value is -1.26. The maximum Gasteiger partial charge on any atom is 0.156 e. The second-order valence-electron chi connectivity index (χ2n) is 6.02. The molecular formula is C17H28N2O2. The molecule has 4 atom stereocenters. The van der Waals surface area contributed by atoms with E-state index < -0.39 is 0 Å². The van der Waals surface area contributed by atoms with Crippen molar-refractivity contribution in [2.24, 2.45) is 11.8 Å². The third kappa shape index (κ3) is 5.94. The number of ketones is 2. The summed E-state index contributed by atoms with van der Waals surface area (Å²) in [6, 6.07) is 0.481. The fraction of sp³-hybridized carbons (Fsp3) is 0.647. The molecule has 0 bridgehead atoms. The summed E-state index contributed by atoms with van der Waals surface area (Å²) < 4.78 is 0. The summed E-state index contributed by atoms with van der Waals surface area (Å²) in [5.41, 5.74) is 6.55. The summed E-state index contributed by atoms with van der Waals surface area (Å²) in [4.78, 5) is 23.5. The average molecular weight is 292 g/mol. The SMILES string of the molecule is C=C/C=C/C(=O)CC1CC(C(C)CC(=O)CC)NNC1C. The van der Waals surface area contributed by atoms with Gasteiger partial charge in [0.15, 0.2) is 5.78 Å². The van der Waals surface area contributed by atoms with Gasteiger partial charge in [0.05, 0.1) is 0 Å². The van der Waals surface area contributed by atoms with E-state index in [9.17, 15) is 9.59 Å². The van der Waals surface area contributed by atoms with Gasteiger partial charge in [0.25, 0.3) is 0 Å². The van der Waals surface area contributed by atoms with Crippen LogP contribution in [-0.4, -0.2) is 23.7 Å². The highest BCUT2D eigenvalue weighted by Gasteiger charge is 2.31. The zero-order valence-corrected chi connectivity index (χ0v) is 13.4. The van der Waals surface area contributed by atoms with E-state index in [-0.39, 0.29) is 29.7 Å². The molecule has 0 amide bonds. The molecule has 0 aromatic rings.